The highest BCUT2D eigenvalue weighted by Crippen LogP contribution is 2.58. The number of unbranched alkanes of at least 4 members (excludes halogenated alkanes) is 1. The van der Waals surface area contributed by atoms with Gasteiger partial charge in [0.2, 0.25) is 0 Å². The fraction of sp³-hybridized carbons (Fsp3) is 0.344. The van der Waals surface area contributed by atoms with Crippen LogP contribution in [-0.2, 0) is 24.5 Å². The fourth-order valence-electron chi connectivity index (χ4n) is 6.17. The van der Waals surface area contributed by atoms with Gasteiger partial charge in [-0.15, -0.1) is 0 Å². The van der Waals surface area contributed by atoms with Gasteiger partial charge in [-0.2, -0.15) is 0 Å². The lowest BCUT2D eigenvalue weighted by Crippen LogP contribution is -2.37. The van der Waals surface area contributed by atoms with Gasteiger partial charge >= 0.3 is 5.97 Å². The van der Waals surface area contributed by atoms with Crippen molar-refractivity contribution < 1.29 is 23.5 Å². The normalized spacial score (nSPS) is 23.8. The molecule has 1 N–H and O–H groups in total. The van der Waals surface area contributed by atoms with Gasteiger partial charge in [0.25, 0.3) is 0 Å². The van der Waals surface area contributed by atoms with Crippen molar-refractivity contribution in [3.05, 3.63) is 101 Å². The minimum absolute atomic E-state index is 0.0746. The molecule has 1 saturated carbocycles. The van der Waals surface area contributed by atoms with Crippen LogP contribution < -0.4 is 5.48 Å². The van der Waals surface area contributed by atoms with Gasteiger partial charge in [0.15, 0.2) is 0 Å². The number of hydrogen-bond acceptors (Lipinski definition) is 5. The van der Waals surface area contributed by atoms with Crippen molar-refractivity contribution in [2.45, 2.75) is 43.6 Å². The minimum Gasteiger partial charge on any atom is -0.469 e. The first-order valence-corrected chi connectivity index (χ1v) is 13.2. The number of nitrogens with one attached hydrogen (secondary N) is 1. The molecule has 0 unspecified atom stereocenters. The Morgan fingerprint density at radius 1 is 1.08 bits per heavy atom. The number of halogens is 1. The first kappa shape index (κ1) is 26.1. The monoisotopic (exact) mass is 515 g/mol. The Hall–Kier alpha value is -3.48. The molecule has 38 heavy (non-hydrogen) atoms. The lowest BCUT2D eigenvalue weighted by Gasteiger charge is -2.37. The molecule has 3 aromatic carbocycles. The molecule has 0 spiro atoms. The molecule has 3 atom stereocenters. The summed E-state index contributed by atoms with van der Waals surface area (Å²) in [5.74, 6) is -0.302. The van der Waals surface area contributed by atoms with E-state index in [4.69, 9.17) is 14.3 Å². The van der Waals surface area contributed by atoms with Crippen LogP contribution in [0.25, 0.3) is 16.5 Å². The van der Waals surface area contributed by atoms with Gasteiger partial charge in [0.05, 0.1) is 32.6 Å². The highest BCUT2D eigenvalue weighted by atomic mass is 19.1. The second kappa shape index (κ2) is 11.5. The number of carbonyl (C=O) groups is 1. The first-order valence-electron chi connectivity index (χ1n) is 13.2. The van der Waals surface area contributed by atoms with Crippen LogP contribution in [0.15, 0.2) is 84.5 Å². The zero-order valence-electron chi connectivity index (χ0n) is 21.9. The molecule has 198 valence electrons. The average molecular weight is 516 g/mol. The lowest BCUT2D eigenvalue weighted by molar-refractivity contribution is -0.140. The maximum atomic E-state index is 13.9. The standard InChI is InChI=1S/C32H34FNO4/c1-36-29(35)15-6-4-3-5-14-27-30(28-20-32(27,21-38-28)23-16-18-24(33)19-17-23)31(34-37-2)26-13-9-11-22-10-7-8-12-25(22)26/h3,5,7-13,16-19,27-28,34H,4,6,14-15,20-21H2,1-2H3/t27-,28-,32-/m0/s1. The van der Waals surface area contributed by atoms with Gasteiger partial charge in [0, 0.05) is 23.3 Å². The maximum absolute atomic E-state index is 13.9. The van der Waals surface area contributed by atoms with Crippen molar-refractivity contribution in [2.24, 2.45) is 5.92 Å². The number of fused-ring (bicyclic) bond motifs is 3. The molecule has 3 aromatic rings. The number of ether oxygens (including phenoxy) is 2. The molecule has 0 amide bonds. The number of hydroxylamine groups is 1. The largest absolute Gasteiger partial charge is 0.469 e. The third-order valence-corrected chi connectivity index (χ3v) is 7.97. The average Bonchev–Trinajstić information content (AvgIpc) is 3.51. The molecule has 5 nitrogen and oxygen atoms in total. The highest BCUT2D eigenvalue weighted by Gasteiger charge is 2.57. The molecule has 6 heteroatoms. The van der Waals surface area contributed by atoms with Crippen molar-refractivity contribution in [1.82, 2.24) is 5.48 Å². The van der Waals surface area contributed by atoms with Crippen LogP contribution >= 0.6 is 0 Å². The van der Waals surface area contributed by atoms with Crippen LogP contribution in [0.5, 0.6) is 0 Å². The summed E-state index contributed by atoms with van der Waals surface area (Å²) in [5.41, 5.74) is 7.22. The van der Waals surface area contributed by atoms with E-state index in [9.17, 15) is 9.18 Å². The SMILES string of the molecule is CONC(=C1[C@@H]2C[C@@](c3ccc(F)cc3)(CO2)[C@H]1CC=CCCCC(=O)OC)c1cccc2ccccc12. The number of esters is 1. The fourth-order valence-corrected chi connectivity index (χ4v) is 6.17. The van der Waals surface area contributed by atoms with E-state index in [0.717, 1.165) is 53.3 Å². The second-order valence-corrected chi connectivity index (χ2v) is 10.1. The molecule has 5 rings (SSSR count). The van der Waals surface area contributed by atoms with Crippen molar-refractivity contribution in [1.29, 1.82) is 0 Å². The van der Waals surface area contributed by atoms with Gasteiger partial charge in [-0.1, -0.05) is 66.7 Å². The van der Waals surface area contributed by atoms with E-state index < -0.39 is 0 Å². The van der Waals surface area contributed by atoms with Crippen LogP contribution in [0.1, 0.15) is 43.2 Å². The van der Waals surface area contributed by atoms with Crippen LogP contribution in [0.3, 0.4) is 0 Å². The number of hydrogen-bond donors (Lipinski definition) is 1. The Balaban J connectivity index is 1.56. The van der Waals surface area contributed by atoms with Gasteiger partial charge in [-0.3, -0.25) is 15.1 Å². The third kappa shape index (κ3) is 4.98. The molecule has 1 heterocycles. The second-order valence-electron chi connectivity index (χ2n) is 10.1. The summed E-state index contributed by atoms with van der Waals surface area (Å²) in [7, 11) is 3.05. The van der Waals surface area contributed by atoms with Crippen molar-refractivity contribution in [2.75, 3.05) is 20.8 Å². The van der Waals surface area contributed by atoms with Crippen molar-refractivity contribution in [3.63, 3.8) is 0 Å². The number of methoxy groups -OCH3 is 1. The molecule has 1 saturated heterocycles. The van der Waals surface area contributed by atoms with E-state index in [1.165, 1.54) is 24.8 Å². The van der Waals surface area contributed by atoms with E-state index in [1.54, 1.807) is 7.11 Å². The Morgan fingerprint density at radius 2 is 1.87 bits per heavy atom. The van der Waals surface area contributed by atoms with Gasteiger partial charge in [-0.25, -0.2) is 4.39 Å². The van der Waals surface area contributed by atoms with Crippen molar-refractivity contribution >= 4 is 22.4 Å². The molecule has 0 radical (unpaired) electrons. The Morgan fingerprint density at radius 3 is 2.66 bits per heavy atom. The summed E-state index contributed by atoms with van der Waals surface area (Å²) < 4.78 is 25.0. The van der Waals surface area contributed by atoms with Gasteiger partial charge < -0.3 is 9.47 Å². The van der Waals surface area contributed by atoms with E-state index in [0.29, 0.717) is 13.0 Å². The Bertz CT molecular complexity index is 1340. The van der Waals surface area contributed by atoms with Gasteiger partial charge in [-0.05, 0) is 59.7 Å². The predicted octanol–water partition coefficient (Wildman–Crippen LogP) is 6.49. The van der Waals surface area contributed by atoms with Crippen LogP contribution in [-0.4, -0.2) is 32.9 Å². The molecule has 1 aliphatic heterocycles. The van der Waals surface area contributed by atoms with Crippen molar-refractivity contribution in [3.8, 4) is 0 Å². The molecule has 0 aromatic heterocycles. The number of allylic oxidation sites excluding steroid dienone is 2. The van der Waals surface area contributed by atoms with E-state index in [2.05, 4.69) is 48.0 Å². The zero-order chi connectivity index (χ0) is 26.5. The first-order chi connectivity index (χ1) is 18.6. The predicted molar refractivity (Wildman–Crippen MR) is 147 cm³/mol. The smallest absolute Gasteiger partial charge is 0.305 e. The van der Waals surface area contributed by atoms with Crippen LogP contribution in [0.4, 0.5) is 4.39 Å². The van der Waals surface area contributed by atoms with E-state index in [1.807, 2.05) is 24.3 Å². The Labute approximate surface area is 223 Å². The third-order valence-electron chi connectivity index (χ3n) is 7.97. The summed E-state index contributed by atoms with van der Waals surface area (Å²) in [6.07, 6.45) is 7.87. The van der Waals surface area contributed by atoms with Crippen LogP contribution in [0, 0.1) is 11.7 Å². The van der Waals surface area contributed by atoms with E-state index >= 15 is 0 Å². The summed E-state index contributed by atoms with van der Waals surface area (Å²) in [6.45, 7) is 0.587. The molecule has 2 aliphatic rings. The molecule has 2 fully saturated rings. The summed E-state index contributed by atoms with van der Waals surface area (Å²) in [5, 5.41) is 2.29. The molecular formula is C32H34FNO4. The number of carbonyl (C=O) groups excluding carboxylic acids is 1. The summed E-state index contributed by atoms with van der Waals surface area (Å²) in [6, 6.07) is 21.5. The minimum atomic E-state index is -0.269. The lowest BCUT2D eigenvalue weighted by atomic mass is 9.70. The highest BCUT2D eigenvalue weighted by molar-refractivity contribution is 5.94. The summed E-state index contributed by atoms with van der Waals surface area (Å²) >= 11 is 0. The molecule has 2 bridgehead atoms. The topological polar surface area (TPSA) is 56.8 Å². The Kier molecular flexibility index (Phi) is 7.91. The summed E-state index contributed by atoms with van der Waals surface area (Å²) in [4.78, 5) is 17.0. The number of benzene rings is 3. The maximum Gasteiger partial charge on any atom is 0.305 e. The van der Waals surface area contributed by atoms with E-state index in [-0.39, 0.29) is 29.2 Å². The molecule has 1 aliphatic carbocycles. The number of rotatable bonds is 10. The molecular weight excluding hydrogens is 481 g/mol. The van der Waals surface area contributed by atoms with Crippen LogP contribution in [0.2, 0.25) is 0 Å². The van der Waals surface area contributed by atoms with Gasteiger partial charge in [0.1, 0.15) is 5.82 Å². The quantitative estimate of drug-likeness (QED) is 0.145. The zero-order valence-corrected chi connectivity index (χ0v) is 21.9.